The predicted octanol–water partition coefficient (Wildman–Crippen LogP) is 2.61. The van der Waals surface area contributed by atoms with Gasteiger partial charge in [0, 0.05) is 16.2 Å². The molecule has 0 aliphatic rings. The van der Waals surface area contributed by atoms with E-state index in [-0.39, 0.29) is 0 Å². The van der Waals surface area contributed by atoms with E-state index in [2.05, 4.69) is 4.72 Å². The lowest BCUT2D eigenvalue weighted by molar-refractivity contribution is 0.416. The lowest BCUT2D eigenvalue weighted by Crippen LogP contribution is -2.43. The highest BCUT2D eigenvalue weighted by molar-refractivity contribution is 8.13. The van der Waals surface area contributed by atoms with Crippen molar-refractivity contribution in [3.05, 3.63) is 24.0 Å². The van der Waals surface area contributed by atoms with Gasteiger partial charge in [-0.2, -0.15) is 0 Å². The summed E-state index contributed by atoms with van der Waals surface area (Å²) >= 11 is 0. The van der Waals surface area contributed by atoms with Gasteiger partial charge in [-0.05, 0) is 38.5 Å². The number of hydrogen-bond donors (Lipinski definition) is 1. The molecule has 1 aromatic carbocycles. The molecule has 0 spiro atoms. The fourth-order valence-corrected chi connectivity index (χ4v) is 4.21. The molecule has 0 aromatic heterocycles. The SMILES string of the molecule is CCCC(C)(C)NS(=O)(=O)c1ccc(S(=O)(=O)Cl)cc1F. The summed E-state index contributed by atoms with van der Waals surface area (Å²) in [7, 11) is -3.12. The zero-order chi connectivity index (χ0) is 16.5. The molecule has 0 heterocycles. The van der Waals surface area contributed by atoms with Crippen LogP contribution in [0.4, 0.5) is 4.39 Å². The average Bonchev–Trinajstić information content (AvgIpc) is 2.25. The zero-order valence-corrected chi connectivity index (χ0v) is 14.2. The minimum atomic E-state index is -4.11. The highest BCUT2D eigenvalue weighted by Crippen LogP contribution is 2.23. The summed E-state index contributed by atoms with van der Waals surface area (Å²) < 4.78 is 62.8. The monoisotopic (exact) mass is 357 g/mol. The van der Waals surface area contributed by atoms with Crippen LogP contribution in [0.5, 0.6) is 0 Å². The van der Waals surface area contributed by atoms with Crippen molar-refractivity contribution in [2.75, 3.05) is 0 Å². The lowest BCUT2D eigenvalue weighted by atomic mass is 10.0. The third-order valence-corrected chi connectivity index (χ3v) is 5.84. The molecule has 0 bridgehead atoms. The summed E-state index contributed by atoms with van der Waals surface area (Å²) in [6, 6.07) is 2.42. The molecule has 0 atom stereocenters. The molecule has 0 unspecified atom stereocenters. The first-order valence-electron chi connectivity index (χ1n) is 6.17. The maximum atomic E-state index is 13.9. The van der Waals surface area contributed by atoms with Crippen molar-refractivity contribution in [3.8, 4) is 0 Å². The van der Waals surface area contributed by atoms with E-state index in [1.54, 1.807) is 13.8 Å². The number of rotatable bonds is 6. The molecule has 1 aromatic rings. The van der Waals surface area contributed by atoms with E-state index >= 15 is 0 Å². The van der Waals surface area contributed by atoms with Crippen LogP contribution in [0, 0.1) is 5.82 Å². The van der Waals surface area contributed by atoms with E-state index in [1.807, 2.05) is 6.92 Å². The van der Waals surface area contributed by atoms with Crippen LogP contribution in [-0.4, -0.2) is 22.4 Å². The number of halogens is 2. The van der Waals surface area contributed by atoms with Gasteiger partial charge in [-0.3, -0.25) is 0 Å². The van der Waals surface area contributed by atoms with Gasteiger partial charge < -0.3 is 0 Å². The Hall–Kier alpha value is -0.700. The molecule has 120 valence electrons. The summed E-state index contributed by atoms with van der Waals surface area (Å²) in [4.78, 5) is -1.11. The van der Waals surface area contributed by atoms with Crippen molar-refractivity contribution in [3.63, 3.8) is 0 Å². The van der Waals surface area contributed by atoms with Crippen LogP contribution in [0.2, 0.25) is 0 Å². The predicted molar refractivity (Wildman–Crippen MR) is 78.7 cm³/mol. The number of sulfonamides is 1. The molecule has 0 radical (unpaired) electrons. The topological polar surface area (TPSA) is 80.3 Å². The Bertz CT molecular complexity index is 730. The Morgan fingerprint density at radius 1 is 1.24 bits per heavy atom. The van der Waals surface area contributed by atoms with Gasteiger partial charge in [0.25, 0.3) is 9.05 Å². The third-order valence-electron chi connectivity index (χ3n) is 2.76. The quantitative estimate of drug-likeness (QED) is 0.793. The molecule has 1 N–H and O–H groups in total. The van der Waals surface area contributed by atoms with E-state index in [4.69, 9.17) is 10.7 Å². The van der Waals surface area contributed by atoms with E-state index < -0.39 is 40.2 Å². The number of nitrogens with one attached hydrogen (secondary N) is 1. The second kappa shape index (κ2) is 6.20. The van der Waals surface area contributed by atoms with Gasteiger partial charge in [0.05, 0.1) is 4.90 Å². The maximum absolute atomic E-state index is 13.9. The molecule has 1 rings (SSSR count). The first-order valence-corrected chi connectivity index (χ1v) is 9.96. The van der Waals surface area contributed by atoms with Crippen LogP contribution in [0.3, 0.4) is 0 Å². The Kier molecular flexibility index (Phi) is 5.41. The summed E-state index contributed by atoms with van der Waals surface area (Å²) in [6.45, 7) is 5.27. The first kappa shape index (κ1) is 18.3. The highest BCUT2D eigenvalue weighted by atomic mass is 35.7. The van der Waals surface area contributed by atoms with Crippen LogP contribution < -0.4 is 4.72 Å². The largest absolute Gasteiger partial charge is 0.261 e. The van der Waals surface area contributed by atoms with Gasteiger partial charge in [-0.15, -0.1) is 0 Å². The summed E-state index contributed by atoms with van der Waals surface area (Å²) in [5.74, 6) is -1.17. The molecule has 5 nitrogen and oxygen atoms in total. The van der Waals surface area contributed by atoms with E-state index in [9.17, 15) is 21.2 Å². The number of hydrogen-bond acceptors (Lipinski definition) is 4. The van der Waals surface area contributed by atoms with Crippen LogP contribution in [0.25, 0.3) is 0 Å². The maximum Gasteiger partial charge on any atom is 0.261 e. The molecule has 21 heavy (non-hydrogen) atoms. The standard InChI is InChI=1S/C12H17ClFNO4S2/c1-4-7-12(2,3)15-21(18,19)11-6-5-9(8-10(11)14)20(13,16)17/h5-6,8,15H,4,7H2,1-3H3. The fraction of sp³-hybridized carbons (Fsp3) is 0.500. The smallest absolute Gasteiger partial charge is 0.207 e. The molecule has 0 saturated carbocycles. The van der Waals surface area contributed by atoms with Crippen molar-refractivity contribution in [1.82, 2.24) is 4.72 Å². The lowest BCUT2D eigenvalue weighted by Gasteiger charge is -2.25. The van der Waals surface area contributed by atoms with Crippen LogP contribution >= 0.6 is 10.7 Å². The molecule has 0 aliphatic carbocycles. The van der Waals surface area contributed by atoms with Crippen LogP contribution in [-0.2, 0) is 19.1 Å². The number of benzene rings is 1. The van der Waals surface area contributed by atoms with Gasteiger partial charge in [-0.25, -0.2) is 25.9 Å². The summed E-state index contributed by atoms with van der Waals surface area (Å²) in [5, 5.41) is 0. The Balaban J connectivity index is 3.22. The molecular formula is C12H17ClFNO4S2. The van der Waals surface area contributed by atoms with Crippen molar-refractivity contribution >= 4 is 29.8 Å². The van der Waals surface area contributed by atoms with Gasteiger partial charge in [0.1, 0.15) is 10.7 Å². The third kappa shape index (κ3) is 4.91. The minimum absolute atomic E-state index is 0.492. The minimum Gasteiger partial charge on any atom is -0.207 e. The molecule has 0 saturated heterocycles. The van der Waals surface area contributed by atoms with Gasteiger partial charge in [-0.1, -0.05) is 13.3 Å². The van der Waals surface area contributed by atoms with Crippen LogP contribution in [0.1, 0.15) is 33.6 Å². The van der Waals surface area contributed by atoms with E-state index in [0.717, 1.165) is 18.6 Å². The Morgan fingerprint density at radius 2 is 1.81 bits per heavy atom. The molecule has 0 aliphatic heterocycles. The second-order valence-electron chi connectivity index (χ2n) is 5.27. The molecular weight excluding hydrogens is 341 g/mol. The van der Waals surface area contributed by atoms with Crippen LogP contribution in [0.15, 0.2) is 28.0 Å². The van der Waals surface area contributed by atoms with Gasteiger partial charge >= 0.3 is 0 Å². The fourth-order valence-electron chi connectivity index (χ4n) is 1.95. The normalized spacial score (nSPS) is 13.4. The summed E-state index contributed by atoms with van der Waals surface area (Å²) in [6.07, 6.45) is 1.32. The van der Waals surface area contributed by atoms with Crippen molar-refractivity contribution in [2.24, 2.45) is 0 Å². The van der Waals surface area contributed by atoms with Crippen molar-refractivity contribution in [1.29, 1.82) is 0 Å². The molecule has 0 amide bonds. The van der Waals surface area contributed by atoms with Gasteiger partial charge in [0.15, 0.2) is 0 Å². The van der Waals surface area contributed by atoms with E-state index in [1.165, 1.54) is 0 Å². The summed E-state index contributed by atoms with van der Waals surface area (Å²) in [5.41, 5.74) is -0.739. The average molecular weight is 358 g/mol. The van der Waals surface area contributed by atoms with Gasteiger partial charge in [0.2, 0.25) is 10.0 Å². The second-order valence-corrected chi connectivity index (χ2v) is 9.49. The van der Waals surface area contributed by atoms with Crippen molar-refractivity contribution in [2.45, 2.75) is 48.9 Å². The first-order chi connectivity index (χ1) is 9.39. The Labute approximate surface area is 129 Å². The molecule has 9 heteroatoms. The Morgan fingerprint density at radius 3 is 2.24 bits per heavy atom. The molecule has 0 fully saturated rings. The zero-order valence-electron chi connectivity index (χ0n) is 11.9. The van der Waals surface area contributed by atoms with E-state index in [0.29, 0.717) is 12.5 Å². The highest BCUT2D eigenvalue weighted by Gasteiger charge is 2.28. The van der Waals surface area contributed by atoms with Crippen molar-refractivity contribution < 1.29 is 21.2 Å².